The molecule has 0 spiro atoms. The van der Waals surface area contributed by atoms with E-state index >= 15 is 0 Å². The third-order valence-electron chi connectivity index (χ3n) is 3.30. The molecule has 0 radical (unpaired) electrons. The highest BCUT2D eigenvalue weighted by atomic mass is 35.5. The molecule has 1 rings (SSSR count). The van der Waals surface area contributed by atoms with Crippen LogP contribution in [0.3, 0.4) is 0 Å². The van der Waals surface area contributed by atoms with Crippen LogP contribution in [0.15, 0.2) is 24.3 Å². The molecule has 0 atom stereocenters. The van der Waals surface area contributed by atoms with Crippen molar-refractivity contribution in [3.05, 3.63) is 24.3 Å². The molecule has 0 saturated heterocycles. The van der Waals surface area contributed by atoms with Gasteiger partial charge in [0, 0.05) is 0 Å². The molecule has 1 aromatic carbocycles. The topological polar surface area (TPSA) is 47.3 Å². The predicted octanol–water partition coefficient (Wildman–Crippen LogP) is 4.91. The van der Waals surface area contributed by atoms with E-state index < -0.39 is 0 Å². The highest BCUT2D eigenvalue weighted by Crippen LogP contribution is 2.22. The number of hydrazine groups is 1. The van der Waals surface area contributed by atoms with Gasteiger partial charge in [0.1, 0.15) is 5.75 Å². The van der Waals surface area contributed by atoms with E-state index in [-0.39, 0.29) is 12.4 Å². The second-order valence-corrected chi connectivity index (χ2v) is 4.96. The van der Waals surface area contributed by atoms with Crippen LogP contribution in [0.1, 0.15) is 58.3 Å². The lowest BCUT2D eigenvalue weighted by atomic mass is 10.1. The molecule has 0 aliphatic heterocycles. The largest absolute Gasteiger partial charge is 0.491 e. The average Bonchev–Trinajstić information content (AvgIpc) is 2.46. The van der Waals surface area contributed by atoms with Gasteiger partial charge in [-0.25, -0.2) is 0 Å². The Labute approximate surface area is 129 Å². The van der Waals surface area contributed by atoms with E-state index in [9.17, 15) is 0 Å². The molecule has 3 nitrogen and oxygen atoms in total. The van der Waals surface area contributed by atoms with Crippen molar-refractivity contribution in [2.45, 2.75) is 58.3 Å². The molecule has 0 aliphatic carbocycles. The zero-order chi connectivity index (χ0) is 13.8. The van der Waals surface area contributed by atoms with Crippen LogP contribution in [0.5, 0.6) is 5.75 Å². The number of nitrogen functional groups attached to an aromatic ring is 1. The molecule has 0 bridgehead atoms. The van der Waals surface area contributed by atoms with Crippen LogP contribution in [0.2, 0.25) is 0 Å². The third-order valence-corrected chi connectivity index (χ3v) is 3.30. The lowest BCUT2D eigenvalue weighted by Gasteiger charge is -2.10. The molecule has 0 saturated carbocycles. The summed E-state index contributed by atoms with van der Waals surface area (Å²) >= 11 is 0. The van der Waals surface area contributed by atoms with Gasteiger partial charge < -0.3 is 10.2 Å². The zero-order valence-electron chi connectivity index (χ0n) is 12.6. The molecule has 0 aromatic heterocycles. The number of nitrogens with two attached hydrogens (primary N) is 1. The first-order valence-corrected chi connectivity index (χ1v) is 7.57. The molecular weight excluding hydrogens is 272 g/mol. The van der Waals surface area contributed by atoms with Crippen LogP contribution in [-0.2, 0) is 0 Å². The summed E-state index contributed by atoms with van der Waals surface area (Å²) < 4.78 is 5.73. The van der Waals surface area contributed by atoms with Crippen molar-refractivity contribution in [3.8, 4) is 5.75 Å². The van der Waals surface area contributed by atoms with E-state index in [4.69, 9.17) is 10.6 Å². The fraction of sp³-hybridized carbons (Fsp3) is 0.625. The molecule has 20 heavy (non-hydrogen) atoms. The van der Waals surface area contributed by atoms with E-state index in [1.807, 2.05) is 24.3 Å². The van der Waals surface area contributed by atoms with Gasteiger partial charge in [-0.3, -0.25) is 5.84 Å². The fourth-order valence-electron chi connectivity index (χ4n) is 2.13. The summed E-state index contributed by atoms with van der Waals surface area (Å²) in [5.41, 5.74) is 3.50. The summed E-state index contributed by atoms with van der Waals surface area (Å²) in [5, 5.41) is 0. The number of unbranched alkanes of at least 4 members (excludes halogenated alkanes) is 7. The monoisotopic (exact) mass is 300 g/mol. The van der Waals surface area contributed by atoms with Gasteiger partial charge in [0.2, 0.25) is 0 Å². The summed E-state index contributed by atoms with van der Waals surface area (Å²) in [7, 11) is 0. The van der Waals surface area contributed by atoms with Gasteiger partial charge in [-0.15, -0.1) is 12.4 Å². The summed E-state index contributed by atoms with van der Waals surface area (Å²) in [5.74, 6) is 6.27. The predicted molar refractivity (Wildman–Crippen MR) is 89.6 cm³/mol. The Balaban J connectivity index is 0.00000361. The molecule has 0 fully saturated rings. The standard InChI is InChI=1S/C16H28N2O.ClH/c1-2-3-4-5-6-7-8-11-14-19-16-13-10-9-12-15(16)18-17;/h9-10,12-13,18H,2-8,11,14,17H2,1H3;1H. The van der Waals surface area contributed by atoms with E-state index in [0.717, 1.165) is 24.5 Å². The van der Waals surface area contributed by atoms with Crippen molar-refractivity contribution >= 4 is 18.1 Å². The molecule has 3 N–H and O–H groups in total. The number of hydrogen-bond acceptors (Lipinski definition) is 3. The summed E-state index contributed by atoms with van der Waals surface area (Å²) in [6, 6.07) is 7.77. The number of rotatable bonds is 11. The first kappa shape index (κ1) is 19.1. The number of para-hydroxylation sites is 2. The van der Waals surface area contributed by atoms with Gasteiger partial charge >= 0.3 is 0 Å². The average molecular weight is 301 g/mol. The second kappa shape index (κ2) is 13.1. The maximum atomic E-state index is 5.73. The molecule has 0 amide bonds. The third kappa shape index (κ3) is 8.28. The van der Waals surface area contributed by atoms with E-state index in [2.05, 4.69) is 12.3 Å². The van der Waals surface area contributed by atoms with E-state index in [1.54, 1.807) is 0 Å². The van der Waals surface area contributed by atoms with Gasteiger partial charge in [-0.1, -0.05) is 64.0 Å². The van der Waals surface area contributed by atoms with Crippen LogP contribution in [0.25, 0.3) is 0 Å². The number of nitrogens with one attached hydrogen (secondary N) is 1. The Bertz CT molecular complexity index is 334. The first-order valence-electron chi connectivity index (χ1n) is 7.57. The van der Waals surface area contributed by atoms with Crippen molar-refractivity contribution in [2.24, 2.45) is 5.84 Å². The van der Waals surface area contributed by atoms with Gasteiger partial charge in [-0.2, -0.15) is 0 Å². The molecular formula is C16H29ClN2O. The molecule has 0 unspecified atom stereocenters. The number of anilines is 1. The van der Waals surface area contributed by atoms with Gasteiger partial charge in [0.15, 0.2) is 0 Å². The van der Waals surface area contributed by atoms with Crippen LogP contribution >= 0.6 is 12.4 Å². The number of ether oxygens (including phenoxy) is 1. The minimum atomic E-state index is 0. The summed E-state index contributed by atoms with van der Waals surface area (Å²) in [6.45, 7) is 3.03. The summed E-state index contributed by atoms with van der Waals surface area (Å²) in [4.78, 5) is 0. The first-order chi connectivity index (χ1) is 9.38. The van der Waals surface area contributed by atoms with Crippen molar-refractivity contribution in [1.29, 1.82) is 0 Å². The molecule has 4 heteroatoms. The number of hydrogen-bond donors (Lipinski definition) is 2. The van der Waals surface area contributed by atoms with Crippen LogP contribution in [-0.4, -0.2) is 6.61 Å². The lowest BCUT2D eigenvalue weighted by molar-refractivity contribution is 0.305. The Kier molecular flexibility index (Phi) is 12.5. The van der Waals surface area contributed by atoms with Crippen molar-refractivity contribution in [3.63, 3.8) is 0 Å². The van der Waals surface area contributed by atoms with E-state index in [0.29, 0.717) is 0 Å². The smallest absolute Gasteiger partial charge is 0.143 e. The Morgan fingerprint density at radius 1 is 0.950 bits per heavy atom. The summed E-state index contributed by atoms with van der Waals surface area (Å²) in [6.07, 6.45) is 10.5. The van der Waals surface area contributed by atoms with Crippen molar-refractivity contribution < 1.29 is 4.74 Å². The van der Waals surface area contributed by atoms with E-state index in [1.165, 1.54) is 44.9 Å². The Hall–Kier alpha value is -0.930. The molecule has 0 heterocycles. The Morgan fingerprint density at radius 2 is 1.55 bits per heavy atom. The van der Waals surface area contributed by atoms with Crippen LogP contribution < -0.4 is 16.0 Å². The SMILES string of the molecule is CCCCCCCCCCOc1ccccc1NN.Cl. The number of halogens is 1. The highest BCUT2D eigenvalue weighted by Gasteiger charge is 2.00. The fourth-order valence-corrected chi connectivity index (χ4v) is 2.13. The van der Waals surface area contributed by atoms with Crippen molar-refractivity contribution in [1.82, 2.24) is 0 Å². The number of benzene rings is 1. The minimum Gasteiger partial charge on any atom is -0.491 e. The maximum absolute atomic E-state index is 5.73. The Morgan fingerprint density at radius 3 is 2.20 bits per heavy atom. The quantitative estimate of drug-likeness (QED) is 0.347. The second-order valence-electron chi connectivity index (χ2n) is 4.96. The zero-order valence-corrected chi connectivity index (χ0v) is 13.4. The normalized spacial score (nSPS) is 9.90. The molecule has 0 aliphatic rings. The lowest BCUT2D eigenvalue weighted by Crippen LogP contribution is -2.09. The van der Waals surface area contributed by atoms with Gasteiger partial charge in [-0.05, 0) is 18.6 Å². The highest BCUT2D eigenvalue weighted by molar-refractivity contribution is 5.85. The van der Waals surface area contributed by atoms with Gasteiger partial charge in [0.05, 0.1) is 12.3 Å². The molecule has 1 aromatic rings. The van der Waals surface area contributed by atoms with Gasteiger partial charge in [0.25, 0.3) is 0 Å². The minimum absolute atomic E-state index is 0. The maximum Gasteiger partial charge on any atom is 0.143 e. The van der Waals surface area contributed by atoms with Crippen LogP contribution in [0, 0.1) is 0 Å². The molecule has 116 valence electrons. The van der Waals surface area contributed by atoms with Crippen molar-refractivity contribution in [2.75, 3.05) is 12.0 Å². The van der Waals surface area contributed by atoms with Crippen LogP contribution in [0.4, 0.5) is 5.69 Å².